The lowest BCUT2D eigenvalue weighted by molar-refractivity contribution is 0.0380. The Hall–Kier alpha value is -1.86. The van der Waals surface area contributed by atoms with Crippen LogP contribution < -0.4 is 0 Å². The summed E-state index contributed by atoms with van der Waals surface area (Å²) >= 11 is 0. The van der Waals surface area contributed by atoms with Crippen LogP contribution in [-0.4, -0.2) is 12.2 Å². The molecule has 1 heteroatoms. The van der Waals surface area contributed by atoms with Crippen LogP contribution in [0.15, 0.2) is 72.9 Å². The highest BCUT2D eigenvalue weighted by Crippen LogP contribution is 2.24. The predicted molar refractivity (Wildman–Crippen MR) is 81.9 cm³/mol. The van der Waals surface area contributed by atoms with Crippen molar-refractivity contribution in [3.8, 4) is 0 Å². The first-order valence-electron chi connectivity index (χ1n) is 6.74. The normalized spacial score (nSPS) is 22.6. The highest BCUT2D eigenvalue weighted by molar-refractivity contribution is 5.50. The first kappa shape index (κ1) is 13.6. The molecule has 0 saturated heterocycles. The number of ether oxygens (including phenoxy) is 1. The van der Waals surface area contributed by atoms with Gasteiger partial charge in [-0.3, -0.25) is 0 Å². The van der Waals surface area contributed by atoms with E-state index in [1.807, 2.05) is 31.2 Å². The van der Waals surface area contributed by atoms with E-state index < -0.39 is 0 Å². The second kappa shape index (κ2) is 6.91. The summed E-state index contributed by atoms with van der Waals surface area (Å²) < 4.78 is 5.86. The summed E-state index contributed by atoms with van der Waals surface area (Å²) in [4.78, 5) is 0. The van der Waals surface area contributed by atoms with Gasteiger partial charge in [0.2, 0.25) is 0 Å². The van der Waals surface area contributed by atoms with Gasteiger partial charge in [-0.1, -0.05) is 66.8 Å². The first-order valence-corrected chi connectivity index (χ1v) is 6.74. The molecule has 0 aromatic heterocycles. The molecule has 1 aromatic carbocycles. The van der Waals surface area contributed by atoms with E-state index in [2.05, 4.69) is 54.7 Å². The predicted octanol–water partition coefficient (Wildman–Crippen LogP) is 4.55. The van der Waals surface area contributed by atoms with Crippen molar-refractivity contribution < 1.29 is 4.74 Å². The van der Waals surface area contributed by atoms with E-state index in [4.69, 9.17) is 4.74 Å². The van der Waals surface area contributed by atoms with Gasteiger partial charge < -0.3 is 4.74 Å². The van der Waals surface area contributed by atoms with Crippen molar-refractivity contribution in [2.75, 3.05) is 6.61 Å². The Bertz CT molecular complexity index is 494. The molecule has 2 rings (SSSR count). The van der Waals surface area contributed by atoms with E-state index in [1.54, 1.807) is 0 Å². The molecule has 0 aliphatic heterocycles. The van der Waals surface area contributed by atoms with Crippen LogP contribution in [0.5, 0.6) is 0 Å². The van der Waals surface area contributed by atoms with Gasteiger partial charge in [0.05, 0.1) is 0 Å². The summed E-state index contributed by atoms with van der Waals surface area (Å²) in [5, 5.41) is 0. The molecule has 98 valence electrons. The molecule has 0 heterocycles. The van der Waals surface area contributed by atoms with Crippen molar-refractivity contribution in [2.45, 2.75) is 18.9 Å². The standard InChI is InChI=1S/C18H20O/c1-2-19-18(14-8-4-9-15-18)16-10-7-13-17-11-5-3-6-12-17/h3-14,16H,2,15H2,1H3. The fourth-order valence-corrected chi connectivity index (χ4v) is 2.11. The van der Waals surface area contributed by atoms with Crippen LogP contribution in [-0.2, 0) is 4.74 Å². The van der Waals surface area contributed by atoms with E-state index in [9.17, 15) is 0 Å². The van der Waals surface area contributed by atoms with Crippen LogP contribution in [0, 0.1) is 0 Å². The lowest BCUT2D eigenvalue weighted by Gasteiger charge is -2.27. The summed E-state index contributed by atoms with van der Waals surface area (Å²) in [6.45, 7) is 2.74. The molecule has 0 spiro atoms. The Balaban J connectivity index is 2.02. The van der Waals surface area contributed by atoms with Crippen LogP contribution in [0.25, 0.3) is 6.08 Å². The third-order valence-electron chi connectivity index (χ3n) is 3.05. The van der Waals surface area contributed by atoms with Crippen LogP contribution in [0.3, 0.4) is 0 Å². The molecule has 1 unspecified atom stereocenters. The van der Waals surface area contributed by atoms with Gasteiger partial charge in [-0.05, 0) is 24.6 Å². The summed E-state index contributed by atoms with van der Waals surface area (Å²) in [5.41, 5.74) is 0.932. The fraction of sp³-hybridized carbons (Fsp3) is 0.222. The monoisotopic (exact) mass is 252 g/mol. The Morgan fingerprint density at radius 3 is 2.68 bits per heavy atom. The van der Waals surface area contributed by atoms with Gasteiger partial charge in [0.1, 0.15) is 5.60 Å². The van der Waals surface area contributed by atoms with Crippen LogP contribution in [0.2, 0.25) is 0 Å². The topological polar surface area (TPSA) is 9.23 Å². The number of allylic oxidation sites excluding steroid dienone is 4. The highest BCUT2D eigenvalue weighted by Gasteiger charge is 2.23. The molecule has 0 N–H and O–H groups in total. The molecule has 0 radical (unpaired) electrons. The molecule has 1 aliphatic carbocycles. The summed E-state index contributed by atoms with van der Waals surface area (Å²) in [7, 11) is 0. The minimum atomic E-state index is -0.273. The third-order valence-corrected chi connectivity index (χ3v) is 3.05. The Morgan fingerprint density at radius 2 is 2.00 bits per heavy atom. The Kier molecular flexibility index (Phi) is 4.93. The van der Waals surface area contributed by atoms with E-state index in [1.165, 1.54) is 5.56 Å². The van der Waals surface area contributed by atoms with Crippen molar-refractivity contribution in [1.29, 1.82) is 0 Å². The van der Waals surface area contributed by atoms with Gasteiger partial charge in [-0.2, -0.15) is 0 Å². The number of rotatable bonds is 5. The Labute approximate surface area is 115 Å². The first-order chi connectivity index (χ1) is 9.35. The molecule has 19 heavy (non-hydrogen) atoms. The smallest absolute Gasteiger partial charge is 0.108 e. The van der Waals surface area contributed by atoms with E-state index in [-0.39, 0.29) is 5.60 Å². The van der Waals surface area contributed by atoms with Crippen molar-refractivity contribution in [1.82, 2.24) is 0 Å². The highest BCUT2D eigenvalue weighted by atomic mass is 16.5. The lowest BCUT2D eigenvalue weighted by atomic mass is 9.94. The summed E-state index contributed by atoms with van der Waals surface area (Å²) in [5.74, 6) is 0. The Morgan fingerprint density at radius 1 is 1.16 bits per heavy atom. The molecule has 1 aliphatic rings. The van der Waals surface area contributed by atoms with Crippen LogP contribution in [0.4, 0.5) is 0 Å². The molecule has 1 nitrogen and oxygen atoms in total. The second-order valence-corrected chi connectivity index (χ2v) is 4.51. The second-order valence-electron chi connectivity index (χ2n) is 4.51. The number of hydrogen-bond donors (Lipinski definition) is 0. The minimum Gasteiger partial charge on any atom is -0.367 e. The zero-order chi connectivity index (χ0) is 13.4. The van der Waals surface area contributed by atoms with E-state index in [0.717, 1.165) is 6.42 Å². The van der Waals surface area contributed by atoms with E-state index in [0.29, 0.717) is 6.61 Å². The van der Waals surface area contributed by atoms with Gasteiger partial charge >= 0.3 is 0 Å². The molecular weight excluding hydrogens is 232 g/mol. The molecule has 0 amide bonds. The van der Waals surface area contributed by atoms with Gasteiger partial charge in [-0.15, -0.1) is 0 Å². The SMILES string of the molecule is CCOC1(C=CC=Cc2ccccc2)C=CC=CC1. The van der Waals surface area contributed by atoms with Crippen LogP contribution in [0.1, 0.15) is 18.9 Å². The average molecular weight is 252 g/mol. The van der Waals surface area contributed by atoms with E-state index >= 15 is 0 Å². The zero-order valence-electron chi connectivity index (χ0n) is 11.3. The maximum Gasteiger partial charge on any atom is 0.108 e. The molecule has 1 aromatic rings. The fourth-order valence-electron chi connectivity index (χ4n) is 2.11. The summed E-state index contributed by atoms with van der Waals surface area (Å²) in [6, 6.07) is 10.3. The minimum absolute atomic E-state index is 0.273. The molecule has 0 fully saturated rings. The molecule has 0 saturated carbocycles. The van der Waals surface area contributed by atoms with Crippen molar-refractivity contribution >= 4 is 6.08 Å². The van der Waals surface area contributed by atoms with Crippen molar-refractivity contribution in [3.63, 3.8) is 0 Å². The van der Waals surface area contributed by atoms with Gasteiger partial charge in [0.25, 0.3) is 0 Å². The van der Waals surface area contributed by atoms with Crippen molar-refractivity contribution in [2.24, 2.45) is 0 Å². The summed E-state index contributed by atoms with van der Waals surface area (Å²) in [6.07, 6.45) is 17.6. The van der Waals surface area contributed by atoms with Gasteiger partial charge in [-0.25, -0.2) is 0 Å². The van der Waals surface area contributed by atoms with Crippen LogP contribution >= 0.6 is 0 Å². The maximum atomic E-state index is 5.86. The quantitative estimate of drug-likeness (QED) is 0.699. The number of hydrogen-bond acceptors (Lipinski definition) is 1. The molecule has 1 atom stereocenters. The zero-order valence-corrected chi connectivity index (χ0v) is 11.3. The molecular formula is C18H20O. The molecule has 0 bridgehead atoms. The maximum absolute atomic E-state index is 5.86. The third kappa shape index (κ3) is 4.08. The van der Waals surface area contributed by atoms with Gasteiger partial charge in [0, 0.05) is 13.0 Å². The average Bonchev–Trinajstić information content (AvgIpc) is 2.46. The number of benzene rings is 1. The lowest BCUT2D eigenvalue weighted by Crippen LogP contribution is -2.28. The van der Waals surface area contributed by atoms with Crippen molar-refractivity contribution in [3.05, 3.63) is 78.4 Å². The largest absolute Gasteiger partial charge is 0.367 e. The van der Waals surface area contributed by atoms with Gasteiger partial charge in [0.15, 0.2) is 0 Å².